The Morgan fingerprint density at radius 3 is 2.19 bits per heavy atom. The molecule has 0 bridgehead atoms. The van der Waals surface area contributed by atoms with Crippen LogP contribution in [0, 0.1) is 0 Å². The highest BCUT2D eigenvalue weighted by molar-refractivity contribution is 7.99. The zero-order valence-electron chi connectivity index (χ0n) is 10.7. The molecule has 0 rings (SSSR count). The molecule has 0 aromatic rings. The molecule has 0 aromatic heterocycles. The number of nitrogens with one attached hydrogen (secondary N) is 1. The molecule has 0 unspecified atom stereocenters. The van der Waals surface area contributed by atoms with Crippen LogP contribution in [0.5, 0.6) is 0 Å². The Kier molecular flexibility index (Phi) is 9.46. The van der Waals surface area contributed by atoms with Crippen molar-refractivity contribution in [2.45, 2.75) is 51.2 Å². The Bertz CT molecular complexity index is 247. The van der Waals surface area contributed by atoms with Crippen LogP contribution >= 0.6 is 11.8 Å². The molecule has 0 aliphatic heterocycles. The molecule has 0 amide bonds. The van der Waals surface area contributed by atoms with Crippen LogP contribution in [0.2, 0.25) is 0 Å². The monoisotopic (exact) mass is 267 g/mol. The van der Waals surface area contributed by atoms with Crippen molar-refractivity contribution in [3.8, 4) is 0 Å². The van der Waals surface area contributed by atoms with E-state index in [1.807, 2.05) is 11.8 Å². The molecule has 16 heavy (non-hydrogen) atoms. The van der Waals surface area contributed by atoms with Gasteiger partial charge in [-0.3, -0.25) is 0 Å². The van der Waals surface area contributed by atoms with Gasteiger partial charge < -0.3 is 0 Å². The van der Waals surface area contributed by atoms with Gasteiger partial charge in [-0.05, 0) is 25.0 Å². The predicted octanol–water partition coefficient (Wildman–Crippen LogP) is 2.63. The number of thioether (sulfide) groups is 1. The Labute approximate surface area is 105 Å². The molecule has 0 fully saturated rings. The molecule has 0 atom stereocenters. The first-order chi connectivity index (χ1) is 7.49. The SMILES string of the molecule is CCCC(CCC)SCCCNS(C)(=O)=O. The van der Waals surface area contributed by atoms with Crippen molar-refractivity contribution < 1.29 is 8.42 Å². The first-order valence-corrected chi connectivity index (χ1v) is 8.99. The maximum atomic E-state index is 10.8. The van der Waals surface area contributed by atoms with Crippen molar-refractivity contribution >= 4 is 21.8 Å². The fraction of sp³-hybridized carbons (Fsp3) is 1.00. The van der Waals surface area contributed by atoms with Gasteiger partial charge in [-0.2, -0.15) is 11.8 Å². The highest BCUT2D eigenvalue weighted by Gasteiger charge is 2.06. The van der Waals surface area contributed by atoms with Crippen LogP contribution in [0.1, 0.15) is 46.0 Å². The van der Waals surface area contributed by atoms with Crippen molar-refractivity contribution in [1.29, 1.82) is 0 Å². The number of sulfonamides is 1. The molecule has 1 N–H and O–H groups in total. The van der Waals surface area contributed by atoms with Gasteiger partial charge in [-0.15, -0.1) is 0 Å². The van der Waals surface area contributed by atoms with E-state index < -0.39 is 10.0 Å². The molecule has 0 heterocycles. The third-order valence-electron chi connectivity index (χ3n) is 2.26. The summed E-state index contributed by atoms with van der Waals surface area (Å²) >= 11 is 1.99. The van der Waals surface area contributed by atoms with Crippen LogP contribution < -0.4 is 4.72 Å². The maximum absolute atomic E-state index is 10.8. The average Bonchev–Trinajstić information content (AvgIpc) is 2.16. The zero-order chi connectivity index (χ0) is 12.4. The van der Waals surface area contributed by atoms with Crippen LogP contribution in [0.25, 0.3) is 0 Å². The number of rotatable bonds is 10. The van der Waals surface area contributed by atoms with Crippen LogP contribution in [0.3, 0.4) is 0 Å². The summed E-state index contributed by atoms with van der Waals surface area (Å²) in [4.78, 5) is 0. The van der Waals surface area contributed by atoms with Crippen LogP contribution in [-0.2, 0) is 10.0 Å². The standard InChI is InChI=1S/C11H25NO2S2/c1-4-7-11(8-5-2)15-10-6-9-12-16(3,13)14/h11-12H,4-10H2,1-3H3. The van der Waals surface area contributed by atoms with Crippen LogP contribution in [0.15, 0.2) is 0 Å². The van der Waals surface area contributed by atoms with E-state index in [0.717, 1.165) is 17.4 Å². The lowest BCUT2D eigenvalue weighted by atomic mass is 10.2. The van der Waals surface area contributed by atoms with E-state index in [2.05, 4.69) is 18.6 Å². The summed E-state index contributed by atoms with van der Waals surface area (Å²) in [6.45, 7) is 5.00. The molecule has 0 spiro atoms. The van der Waals surface area contributed by atoms with Gasteiger partial charge in [0.2, 0.25) is 10.0 Å². The Morgan fingerprint density at radius 2 is 1.75 bits per heavy atom. The molecular formula is C11H25NO2S2. The first-order valence-electron chi connectivity index (χ1n) is 6.05. The summed E-state index contributed by atoms with van der Waals surface area (Å²) in [5.41, 5.74) is 0. The van der Waals surface area contributed by atoms with Crippen molar-refractivity contribution in [3.63, 3.8) is 0 Å². The minimum atomic E-state index is -3.00. The molecule has 0 radical (unpaired) electrons. The highest BCUT2D eigenvalue weighted by Crippen LogP contribution is 2.21. The molecule has 0 aromatic carbocycles. The minimum absolute atomic E-state index is 0.566. The topological polar surface area (TPSA) is 46.2 Å². The fourth-order valence-electron chi connectivity index (χ4n) is 1.53. The lowest BCUT2D eigenvalue weighted by molar-refractivity contribution is 0.587. The van der Waals surface area contributed by atoms with E-state index in [0.29, 0.717) is 6.54 Å². The molecule has 0 saturated carbocycles. The highest BCUT2D eigenvalue weighted by atomic mass is 32.2. The van der Waals surface area contributed by atoms with Gasteiger partial charge in [-0.25, -0.2) is 13.1 Å². The van der Waals surface area contributed by atoms with E-state index in [4.69, 9.17) is 0 Å². The van der Waals surface area contributed by atoms with Crippen LogP contribution in [0.4, 0.5) is 0 Å². The van der Waals surface area contributed by atoms with Gasteiger partial charge in [0.25, 0.3) is 0 Å². The van der Waals surface area contributed by atoms with Gasteiger partial charge in [0, 0.05) is 11.8 Å². The smallest absolute Gasteiger partial charge is 0.208 e. The van der Waals surface area contributed by atoms with E-state index in [9.17, 15) is 8.42 Å². The minimum Gasteiger partial charge on any atom is -0.215 e. The molecule has 98 valence electrons. The molecule has 3 nitrogen and oxygen atoms in total. The van der Waals surface area contributed by atoms with Crippen molar-refractivity contribution in [1.82, 2.24) is 4.72 Å². The summed E-state index contributed by atoms with van der Waals surface area (Å²) in [6.07, 6.45) is 7.15. The summed E-state index contributed by atoms with van der Waals surface area (Å²) < 4.78 is 24.1. The van der Waals surface area contributed by atoms with Gasteiger partial charge in [0.15, 0.2) is 0 Å². The second kappa shape index (κ2) is 9.31. The molecule has 0 aliphatic rings. The van der Waals surface area contributed by atoms with Crippen molar-refractivity contribution in [3.05, 3.63) is 0 Å². The lowest BCUT2D eigenvalue weighted by Gasteiger charge is -2.14. The number of hydrogen-bond donors (Lipinski definition) is 1. The average molecular weight is 267 g/mol. The van der Waals surface area contributed by atoms with E-state index in [-0.39, 0.29) is 0 Å². The summed E-state index contributed by atoms with van der Waals surface area (Å²) in [5.74, 6) is 1.05. The lowest BCUT2D eigenvalue weighted by Crippen LogP contribution is -2.23. The summed E-state index contributed by atoms with van der Waals surface area (Å²) in [6, 6.07) is 0. The molecule has 0 saturated heterocycles. The third kappa shape index (κ3) is 10.8. The second-order valence-corrected chi connectivity index (χ2v) is 7.33. The fourth-order valence-corrected chi connectivity index (χ4v) is 3.50. The van der Waals surface area contributed by atoms with E-state index in [1.54, 1.807) is 0 Å². The van der Waals surface area contributed by atoms with Crippen LogP contribution in [-0.4, -0.2) is 32.2 Å². The van der Waals surface area contributed by atoms with Gasteiger partial charge in [0.1, 0.15) is 0 Å². The largest absolute Gasteiger partial charge is 0.215 e. The Hall–Kier alpha value is 0.260. The quantitative estimate of drug-likeness (QED) is 0.619. The Morgan fingerprint density at radius 1 is 1.19 bits per heavy atom. The third-order valence-corrected chi connectivity index (χ3v) is 4.46. The molecule has 0 aliphatic carbocycles. The summed E-state index contributed by atoms with van der Waals surface area (Å²) in [7, 11) is -3.00. The normalized spacial score (nSPS) is 12.2. The molecule has 5 heteroatoms. The summed E-state index contributed by atoms with van der Waals surface area (Å²) in [5, 5.41) is 0.758. The molecular weight excluding hydrogens is 242 g/mol. The van der Waals surface area contributed by atoms with Gasteiger partial charge in [0.05, 0.1) is 6.26 Å². The first kappa shape index (κ1) is 16.3. The van der Waals surface area contributed by atoms with Crippen molar-refractivity contribution in [2.24, 2.45) is 0 Å². The number of hydrogen-bond acceptors (Lipinski definition) is 3. The second-order valence-electron chi connectivity index (χ2n) is 4.09. The van der Waals surface area contributed by atoms with Crippen molar-refractivity contribution in [2.75, 3.05) is 18.6 Å². The zero-order valence-corrected chi connectivity index (χ0v) is 12.3. The van der Waals surface area contributed by atoms with Gasteiger partial charge in [-0.1, -0.05) is 26.7 Å². The Balaban J connectivity index is 3.54. The maximum Gasteiger partial charge on any atom is 0.208 e. The van der Waals surface area contributed by atoms with E-state index in [1.165, 1.54) is 31.9 Å². The van der Waals surface area contributed by atoms with E-state index >= 15 is 0 Å². The predicted molar refractivity (Wildman–Crippen MR) is 73.5 cm³/mol. The van der Waals surface area contributed by atoms with Gasteiger partial charge >= 0.3 is 0 Å².